The van der Waals surface area contributed by atoms with Crippen LogP contribution in [0.3, 0.4) is 0 Å². The maximum absolute atomic E-state index is 12.8. The molecule has 2 N–H and O–H groups in total. The minimum atomic E-state index is -0.0699. The maximum atomic E-state index is 12.8. The van der Waals surface area contributed by atoms with Crippen LogP contribution in [0.5, 0.6) is 5.75 Å². The van der Waals surface area contributed by atoms with Gasteiger partial charge in [0.25, 0.3) is 5.91 Å². The van der Waals surface area contributed by atoms with Crippen LogP contribution in [0, 0.1) is 5.92 Å². The summed E-state index contributed by atoms with van der Waals surface area (Å²) in [6.07, 6.45) is 5.61. The van der Waals surface area contributed by atoms with E-state index in [2.05, 4.69) is 88.6 Å². The summed E-state index contributed by atoms with van der Waals surface area (Å²) in [5, 5.41) is 6.73. The van der Waals surface area contributed by atoms with E-state index in [1.165, 1.54) is 16.7 Å². The summed E-state index contributed by atoms with van der Waals surface area (Å²) < 4.78 is 8.18. The van der Waals surface area contributed by atoms with Crippen LogP contribution in [0.15, 0.2) is 85.3 Å². The Kier molecular flexibility index (Phi) is 8.19. The van der Waals surface area contributed by atoms with Gasteiger partial charge in [-0.05, 0) is 35.1 Å². The standard InChI is InChI=1S/C32H36N4O2/c1-23(2)15-17-34-32(37)29-10-6-9-28-30(16-18-38-31(28)29)35-20-27-19-33-22-36(27)21-24-11-13-26(14-12-24)25-7-4-3-5-8-25/h3-14,19,22-23,30,35H,15-18,20-21H2,1-2H3,(H,34,37). The largest absolute Gasteiger partial charge is 0.492 e. The molecule has 0 fully saturated rings. The van der Waals surface area contributed by atoms with E-state index < -0.39 is 0 Å². The van der Waals surface area contributed by atoms with E-state index in [4.69, 9.17) is 4.74 Å². The van der Waals surface area contributed by atoms with Gasteiger partial charge in [-0.1, -0.05) is 80.6 Å². The normalized spacial score (nSPS) is 14.7. The highest BCUT2D eigenvalue weighted by Crippen LogP contribution is 2.35. The van der Waals surface area contributed by atoms with Crippen molar-refractivity contribution in [3.05, 3.63) is 108 Å². The molecule has 2 heterocycles. The summed E-state index contributed by atoms with van der Waals surface area (Å²) in [6, 6.07) is 25.1. The highest BCUT2D eigenvalue weighted by atomic mass is 16.5. The Bertz CT molecular complexity index is 1350. The van der Waals surface area contributed by atoms with E-state index in [9.17, 15) is 4.79 Å². The summed E-state index contributed by atoms with van der Waals surface area (Å²) >= 11 is 0. The van der Waals surface area contributed by atoms with Crippen LogP contribution < -0.4 is 15.4 Å². The first-order chi connectivity index (χ1) is 18.6. The van der Waals surface area contributed by atoms with Crippen LogP contribution in [0.4, 0.5) is 0 Å². The zero-order valence-corrected chi connectivity index (χ0v) is 22.2. The van der Waals surface area contributed by atoms with Gasteiger partial charge in [-0.15, -0.1) is 0 Å². The SMILES string of the molecule is CC(C)CCNC(=O)c1cccc2c1OCCC2NCc1cncn1Cc1ccc(-c2ccccc2)cc1. The maximum Gasteiger partial charge on any atom is 0.255 e. The summed E-state index contributed by atoms with van der Waals surface area (Å²) in [5.41, 5.74) is 6.44. The van der Waals surface area contributed by atoms with Gasteiger partial charge in [-0.2, -0.15) is 0 Å². The van der Waals surface area contributed by atoms with Crippen molar-refractivity contribution in [3.8, 4) is 16.9 Å². The average Bonchev–Trinajstić information content (AvgIpc) is 3.39. The Morgan fingerprint density at radius 1 is 1.03 bits per heavy atom. The molecule has 5 rings (SSSR count). The second-order valence-electron chi connectivity index (χ2n) is 10.3. The molecule has 6 nitrogen and oxygen atoms in total. The molecule has 0 radical (unpaired) electrons. The highest BCUT2D eigenvalue weighted by molar-refractivity contribution is 5.97. The van der Waals surface area contributed by atoms with Crippen molar-refractivity contribution in [1.82, 2.24) is 20.2 Å². The molecule has 1 aliphatic rings. The van der Waals surface area contributed by atoms with Gasteiger partial charge < -0.3 is 19.9 Å². The Morgan fingerprint density at radius 3 is 2.61 bits per heavy atom. The molecular formula is C32H36N4O2. The summed E-state index contributed by atoms with van der Waals surface area (Å²) in [5.74, 6) is 1.18. The van der Waals surface area contributed by atoms with Crippen molar-refractivity contribution in [2.75, 3.05) is 13.2 Å². The summed E-state index contributed by atoms with van der Waals surface area (Å²) in [7, 11) is 0. The molecule has 0 bridgehead atoms. The third-order valence-electron chi connectivity index (χ3n) is 7.07. The van der Waals surface area contributed by atoms with Crippen LogP contribution in [0.1, 0.15) is 59.9 Å². The number of fused-ring (bicyclic) bond motifs is 1. The predicted molar refractivity (Wildman–Crippen MR) is 151 cm³/mol. The molecule has 0 saturated carbocycles. The fourth-order valence-electron chi connectivity index (χ4n) is 4.88. The van der Waals surface area contributed by atoms with Gasteiger partial charge >= 0.3 is 0 Å². The minimum absolute atomic E-state index is 0.0699. The minimum Gasteiger partial charge on any atom is -0.492 e. The molecule has 4 aromatic rings. The Morgan fingerprint density at radius 2 is 1.82 bits per heavy atom. The van der Waals surface area contributed by atoms with Crippen molar-refractivity contribution in [3.63, 3.8) is 0 Å². The molecular weight excluding hydrogens is 472 g/mol. The first kappa shape index (κ1) is 25.7. The number of para-hydroxylation sites is 1. The molecule has 1 aromatic heterocycles. The molecule has 6 heteroatoms. The lowest BCUT2D eigenvalue weighted by molar-refractivity contribution is 0.0946. The van der Waals surface area contributed by atoms with Gasteiger partial charge in [0.15, 0.2) is 0 Å². The number of hydrogen-bond donors (Lipinski definition) is 2. The molecule has 1 atom stereocenters. The summed E-state index contributed by atoms with van der Waals surface area (Å²) in [4.78, 5) is 17.3. The second-order valence-corrected chi connectivity index (χ2v) is 10.3. The number of rotatable bonds is 10. The van der Waals surface area contributed by atoms with E-state index in [0.29, 0.717) is 36.9 Å². The van der Waals surface area contributed by atoms with Gasteiger partial charge in [0, 0.05) is 43.9 Å². The van der Waals surface area contributed by atoms with Crippen LogP contribution in [0.2, 0.25) is 0 Å². The number of nitrogens with one attached hydrogen (secondary N) is 2. The van der Waals surface area contributed by atoms with Gasteiger partial charge in [0.05, 0.1) is 24.2 Å². The third-order valence-corrected chi connectivity index (χ3v) is 7.07. The highest BCUT2D eigenvalue weighted by Gasteiger charge is 2.26. The van der Waals surface area contributed by atoms with E-state index in [-0.39, 0.29) is 11.9 Å². The van der Waals surface area contributed by atoms with E-state index in [1.54, 1.807) is 0 Å². The molecule has 38 heavy (non-hydrogen) atoms. The molecule has 0 saturated heterocycles. The van der Waals surface area contributed by atoms with Crippen LogP contribution in [-0.2, 0) is 13.1 Å². The first-order valence-corrected chi connectivity index (χ1v) is 13.5. The lowest BCUT2D eigenvalue weighted by Gasteiger charge is -2.28. The van der Waals surface area contributed by atoms with Gasteiger partial charge in [0.2, 0.25) is 0 Å². The average molecular weight is 509 g/mol. The fraction of sp³-hybridized carbons (Fsp3) is 0.312. The molecule has 1 unspecified atom stereocenters. The zero-order valence-electron chi connectivity index (χ0n) is 22.2. The Labute approximate surface area is 225 Å². The van der Waals surface area contributed by atoms with Crippen molar-refractivity contribution in [2.45, 2.75) is 45.8 Å². The van der Waals surface area contributed by atoms with Crippen molar-refractivity contribution >= 4 is 5.91 Å². The zero-order chi connectivity index (χ0) is 26.3. The van der Waals surface area contributed by atoms with E-state index in [0.717, 1.165) is 30.6 Å². The van der Waals surface area contributed by atoms with Gasteiger partial charge in [-0.3, -0.25) is 4.79 Å². The van der Waals surface area contributed by atoms with Crippen molar-refractivity contribution in [2.24, 2.45) is 5.92 Å². The predicted octanol–water partition coefficient (Wildman–Crippen LogP) is 5.99. The Hall–Kier alpha value is -3.90. The topological polar surface area (TPSA) is 68.2 Å². The number of imidazole rings is 1. The lowest BCUT2D eigenvalue weighted by Crippen LogP contribution is -2.30. The number of carbonyl (C=O) groups excluding carboxylic acids is 1. The Balaban J connectivity index is 1.23. The number of carbonyl (C=O) groups is 1. The van der Waals surface area contributed by atoms with Crippen molar-refractivity contribution < 1.29 is 9.53 Å². The number of benzene rings is 3. The quantitative estimate of drug-likeness (QED) is 0.276. The van der Waals surface area contributed by atoms with Crippen molar-refractivity contribution in [1.29, 1.82) is 0 Å². The monoisotopic (exact) mass is 508 g/mol. The number of amides is 1. The molecule has 0 spiro atoms. The second kappa shape index (κ2) is 12.1. The molecule has 1 aliphatic heterocycles. The summed E-state index contributed by atoms with van der Waals surface area (Å²) in [6.45, 7) is 7.00. The van der Waals surface area contributed by atoms with Crippen LogP contribution in [-0.4, -0.2) is 28.6 Å². The molecule has 0 aliphatic carbocycles. The van der Waals surface area contributed by atoms with Gasteiger partial charge in [-0.25, -0.2) is 4.98 Å². The van der Waals surface area contributed by atoms with Gasteiger partial charge in [0.1, 0.15) is 5.75 Å². The van der Waals surface area contributed by atoms with E-state index in [1.807, 2.05) is 30.7 Å². The smallest absolute Gasteiger partial charge is 0.255 e. The molecule has 1 amide bonds. The first-order valence-electron chi connectivity index (χ1n) is 13.5. The number of hydrogen-bond acceptors (Lipinski definition) is 4. The van der Waals surface area contributed by atoms with Crippen LogP contribution in [0.25, 0.3) is 11.1 Å². The van der Waals surface area contributed by atoms with Crippen LogP contribution >= 0.6 is 0 Å². The molecule has 3 aromatic carbocycles. The lowest BCUT2D eigenvalue weighted by atomic mass is 9.97. The molecule has 196 valence electrons. The fourth-order valence-corrected chi connectivity index (χ4v) is 4.88. The van der Waals surface area contributed by atoms with E-state index >= 15 is 0 Å². The number of ether oxygens (including phenoxy) is 1. The number of aromatic nitrogens is 2. The number of nitrogens with zero attached hydrogens (tertiary/aromatic N) is 2. The third kappa shape index (κ3) is 6.14.